The van der Waals surface area contributed by atoms with E-state index in [0.29, 0.717) is 12.6 Å². The molecule has 0 saturated heterocycles. The third-order valence-corrected chi connectivity index (χ3v) is 5.90. The molecule has 1 fully saturated rings. The molecule has 1 aromatic rings. The Kier molecular flexibility index (Phi) is 4.21. The summed E-state index contributed by atoms with van der Waals surface area (Å²) in [5.41, 5.74) is -1.85. The molecule has 0 radical (unpaired) electrons. The van der Waals surface area contributed by atoms with Crippen LogP contribution in [0.2, 0.25) is 0 Å². The molecule has 2 aliphatic carbocycles. The lowest BCUT2D eigenvalue weighted by Gasteiger charge is -2.19. The van der Waals surface area contributed by atoms with Crippen LogP contribution in [0.3, 0.4) is 0 Å². The molecule has 3 rings (SSSR count). The van der Waals surface area contributed by atoms with Crippen molar-refractivity contribution in [3.05, 3.63) is 41.0 Å². The van der Waals surface area contributed by atoms with Crippen molar-refractivity contribution < 1.29 is 32.4 Å². The molecule has 3 N–H and O–H groups in total. The van der Waals surface area contributed by atoms with E-state index in [9.17, 15) is 28.2 Å². The van der Waals surface area contributed by atoms with Gasteiger partial charge in [0.1, 0.15) is 4.90 Å². The number of nitrogens with one attached hydrogen (secondary N) is 1. The fraction of sp³-hybridized carbons (Fsp3) is 0.312. The highest BCUT2D eigenvalue weighted by Crippen LogP contribution is 2.42. The lowest BCUT2D eigenvalue weighted by Crippen LogP contribution is -2.25. The van der Waals surface area contributed by atoms with E-state index in [0.717, 1.165) is 18.6 Å². The number of carbonyl (C=O) groups is 2. The first-order valence-electron chi connectivity index (χ1n) is 7.50. The van der Waals surface area contributed by atoms with Crippen LogP contribution in [0.1, 0.15) is 39.1 Å². The molecular weight excluding hydrogens is 350 g/mol. The molecule has 1 aromatic carbocycles. The van der Waals surface area contributed by atoms with Gasteiger partial charge in [-0.25, -0.2) is 9.59 Å². The van der Waals surface area contributed by atoms with Crippen LogP contribution in [0, 0.1) is 17.2 Å². The number of rotatable bonds is 6. The van der Waals surface area contributed by atoms with E-state index in [4.69, 9.17) is 9.59 Å². The molecule has 3 unspecified atom stereocenters. The maximum Gasteiger partial charge on any atom is 0.338 e. The predicted molar refractivity (Wildman–Crippen MR) is 85.7 cm³/mol. The Bertz CT molecular complexity index is 903. The van der Waals surface area contributed by atoms with Crippen LogP contribution in [0.25, 0.3) is 0 Å². The maximum absolute atomic E-state index is 12.6. The Balaban J connectivity index is 2.08. The lowest BCUT2D eigenvalue weighted by molar-refractivity contribution is 0.0647. The van der Waals surface area contributed by atoms with Gasteiger partial charge in [-0.2, -0.15) is 8.42 Å². The summed E-state index contributed by atoms with van der Waals surface area (Å²) in [6, 6.07) is 2.05. The van der Waals surface area contributed by atoms with Crippen molar-refractivity contribution in [3.63, 3.8) is 0 Å². The van der Waals surface area contributed by atoms with Gasteiger partial charge in [0.25, 0.3) is 10.1 Å². The third kappa shape index (κ3) is 2.96. The highest BCUT2D eigenvalue weighted by molar-refractivity contribution is 7.86. The minimum Gasteiger partial charge on any atom is -0.478 e. The molecule has 0 heterocycles. The summed E-state index contributed by atoms with van der Waals surface area (Å²) in [4.78, 5) is 22.3. The SMILES string of the molecule is N=Cc1ccc(S(=O)(=O)OC2CC3C=CC2C3)c(C(=O)O)c1C(=O)O. The molecule has 8 nitrogen and oxygen atoms in total. The van der Waals surface area contributed by atoms with Crippen LogP contribution >= 0.6 is 0 Å². The van der Waals surface area contributed by atoms with Gasteiger partial charge in [-0.15, -0.1) is 0 Å². The molecule has 25 heavy (non-hydrogen) atoms. The summed E-state index contributed by atoms with van der Waals surface area (Å²) in [7, 11) is -4.48. The Labute approximate surface area is 143 Å². The fourth-order valence-electron chi connectivity index (χ4n) is 3.43. The molecule has 2 aliphatic rings. The molecule has 0 aliphatic heterocycles. The van der Waals surface area contributed by atoms with Gasteiger partial charge in [0.05, 0.1) is 17.2 Å². The molecule has 0 aromatic heterocycles. The van der Waals surface area contributed by atoms with Gasteiger partial charge in [-0.05, 0) is 24.8 Å². The first kappa shape index (κ1) is 17.3. The van der Waals surface area contributed by atoms with Gasteiger partial charge < -0.3 is 15.6 Å². The van der Waals surface area contributed by atoms with Gasteiger partial charge in [-0.3, -0.25) is 4.18 Å². The highest BCUT2D eigenvalue weighted by Gasteiger charge is 2.40. The number of fused-ring (bicyclic) bond motifs is 2. The number of hydrogen-bond acceptors (Lipinski definition) is 6. The van der Waals surface area contributed by atoms with E-state index < -0.39 is 44.2 Å². The van der Waals surface area contributed by atoms with E-state index in [1.54, 1.807) is 0 Å². The van der Waals surface area contributed by atoms with Crippen molar-refractivity contribution in [2.24, 2.45) is 11.8 Å². The normalized spacial score (nSPS) is 24.4. The van der Waals surface area contributed by atoms with Crippen molar-refractivity contribution in [2.45, 2.75) is 23.8 Å². The van der Waals surface area contributed by atoms with Crippen molar-refractivity contribution in [1.82, 2.24) is 0 Å². The molecule has 0 spiro atoms. The second kappa shape index (κ2) is 6.08. The average Bonchev–Trinajstić information content (AvgIpc) is 3.15. The van der Waals surface area contributed by atoms with Crippen LogP contribution in [-0.2, 0) is 14.3 Å². The monoisotopic (exact) mass is 365 g/mol. The summed E-state index contributed by atoms with van der Waals surface area (Å²) < 4.78 is 30.4. The standard InChI is InChI=1S/C16H15NO7S/c17-7-10-3-4-12(14(16(20)21)13(10)15(18)19)25(22,23)24-11-6-8-1-2-9(11)5-8/h1-4,7-9,11,17H,5-6H2,(H,18,19)(H,20,21). The molecule has 1 saturated carbocycles. The summed E-state index contributed by atoms with van der Waals surface area (Å²) in [5, 5.41) is 25.9. The molecular formula is C16H15NO7S. The number of carboxylic acid groups (broad SMARTS) is 2. The summed E-state index contributed by atoms with van der Waals surface area (Å²) >= 11 is 0. The summed E-state index contributed by atoms with van der Waals surface area (Å²) in [6.45, 7) is 0. The van der Waals surface area contributed by atoms with Gasteiger partial charge >= 0.3 is 11.9 Å². The third-order valence-electron chi connectivity index (χ3n) is 4.52. The first-order valence-corrected chi connectivity index (χ1v) is 8.91. The van der Waals surface area contributed by atoms with Gasteiger partial charge in [-0.1, -0.05) is 18.2 Å². The predicted octanol–water partition coefficient (Wildman–Crippen LogP) is 1.75. The summed E-state index contributed by atoms with van der Waals surface area (Å²) in [5.74, 6) is -3.14. The van der Waals surface area contributed by atoms with Crippen LogP contribution in [0.5, 0.6) is 0 Å². The molecule has 3 atom stereocenters. The van der Waals surface area contributed by atoms with E-state index in [1.165, 1.54) is 0 Å². The number of hydrogen-bond donors (Lipinski definition) is 3. The lowest BCUT2D eigenvalue weighted by atomic mass is 10.0. The maximum atomic E-state index is 12.6. The van der Waals surface area contributed by atoms with Crippen LogP contribution < -0.4 is 0 Å². The summed E-state index contributed by atoms with van der Waals surface area (Å²) in [6.07, 6.45) is 5.27. The topological polar surface area (TPSA) is 142 Å². The van der Waals surface area contributed by atoms with Crippen LogP contribution in [0.15, 0.2) is 29.2 Å². The quantitative estimate of drug-likeness (QED) is 0.396. The first-order chi connectivity index (χ1) is 11.7. The zero-order chi connectivity index (χ0) is 18.4. The van der Waals surface area contributed by atoms with E-state index in [1.807, 2.05) is 12.2 Å². The smallest absolute Gasteiger partial charge is 0.338 e. The second-order valence-electron chi connectivity index (χ2n) is 6.03. The van der Waals surface area contributed by atoms with E-state index >= 15 is 0 Å². The van der Waals surface area contributed by atoms with Crippen molar-refractivity contribution in [2.75, 3.05) is 0 Å². The Morgan fingerprint density at radius 2 is 1.80 bits per heavy atom. The average molecular weight is 365 g/mol. The minimum absolute atomic E-state index is 0.0483. The molecule has 2 bridgehead atoms. The van der Waals surface area contributed by atoms with Gasteiger partial charge in [0, 0.05) is 17.7 Å². The van der Waals surface area contributed by atoms with E-state index in [-0.39, 0.29) is 17.4 Å². The van der Waals surface area contributed by atoms with Crippen LogP contribution in [0.4, 0.5) is 0 Å². The van der Waals surface area contributed by atoms with Crippen molar-refractivity contribution >= 4 is 28.3 Å². The largest absolute Gasteiger partial charge is 0.478 e. The Morgan fingerprint density at radius 3 is 2.28 bits per heavy atom. The number of benzene rings is 1. The van der Waals surface area contributed by atoms with Gasteiger partial charge in [0.15, 0.2) is 0 Å². The molecule has 132 valence electrons. The Morgan fingerprint density at radius 1 is 1.12 bits per heavy atom. The molecule has 0 amide bonds. The zero-order valence-electron chi connectivity index (χ0n) is 12.9. The molecule has 9 heteroatoms. The zero-order valence-corrected chi connectivity index (χ0v) is 13.7. The van der Waals surface area contributed by atoms with Crippen molar-refractivity contribution in [3.8, 4) is 0 Å². The highest BCUT2D eigenvalue weighted by atomic mass is 32.2. The van der Waals surface area contributed by atoms with Crippen LogP contribution in [-0.4, -0.2) is 42.9 Å². The number of carboxylic acids is 2. The van der Waals surface area contributed by atoms with Gasteiger partial charge in [0.2, 0.25) is 0 Å². The number of aromatic carboxylic acids is 2. The Hall–Kier alpha value is -2.52. The van der Waals surface area contributed by atoms with Crippen molar-refractivity contribution in [1.29, 1.82) is 5.41 Å². The number of allylic oxidation sites excluding steroid dienone is 1. The minimum atomic E-state index is -4.48. The van der Waals surface area contributed by atoms with E-state index in [2.05, 4.69) is 0 Å². The second-order valence-corrected chi connectivity index (χ2v) is 7.57. The fourth-order valence-corrected chi connectivity index (χ4v) is 4.75.